The molecule has 25 heavy (non-hydrogen) atoms. The molecular formula is C18H22N2O4S. The van der Waals surface area contributed by atoms with E-state index in [1.807, 2.05) is 31.2 Å². The molecule has 0 radical (unpaired) electrons. The van der Waals surface area contributed by atoms with E-state index in [0.29, 0.717) is 30.3 Å². The zero-order valence-electron chi connectivity index (χ0n) is 14.5. The molecule has 1 heterocycles. The second-order valence-electron chi connectivity index (χ2n) is 5.96. The molecule has 1 N–H and O–H groups in total. The molecule has 0 aromatic heterocycles. The minimum Gasteiger partial charge on any atom is -0.493 e. The van der Waals surface area contributed by atoms with Gasteiger partial charge in [0.25, 0.3) is 10.0 Å². The van der Waals surface area contributed by atoms with Gasteiger partial charge < -0.3 is 14.8 Å². The van der Waals surface area contributed by atoms with E-state index in [-0.39, 0.29) is 10.9 Å². The van der Waals surface area contributed by atoms with Gasteiger partial charge in [-0.05, 0) is 30.7 Å². The van der Waals surface area contributed by atoms with Crippen LogP contribution in [-0.4, -0.2) is 35.2 Å². The summed E-state index contributed by atoms with van der Waals surface area (Å²) in [6.45, 7) is 2.96. The Morgan fingerprint density at radius 3 is 2.52 bits per heavy atom. The predicted octanol–water partition coefficient (Wildman–Crippen LogP) is 2.39. The van der Waals surface area contributed by atoms with Crippen LogP contribution < -0.4 is 19.1 Å². The number of hydrogen-bond acceptors (Lipinski definition) is 5. The summed E-state index contributed by atoms with van der Waals surface area (Å²) in [5, 5.41) is 3.34. The van der Waals surface area contributed by atoms with Crippen LogP contribution in [0.4, 0.5) is 5.69 Å². The normalized spacial score (nSPS) is 17.6. The largest absolute Gasteiger partial charge is 0.493 e. The lowest BCUT2D eigenvalue weighted by Gasteiger charge is -2.26. The van der Waals surface area contributed by atoms with Crippen molar-refractivity contribution in [3.63, 3.8) is 0 Å². The molecule has 0 amide bonds. The first-order valence-electron chi connectivity index (χ1n) is 8.03. The number of fused-ring (bicyclic) bond motifs is 1. The lowest BCUT2D eigenvalue weighted by molar-refractivity contribution is 0.354. The average molecular weight is 362 g/mol. The summed E-state index contributed by atoms with van der Waals surface area (Å²) in [6, 6.07) is 12.2. The number of hydrogen-bond donors (Lipinski definition) is 1. The van der Waals surface area contributed by atoms with Crippen molar-refractivity contribution in [2.45, 2.75) is 24.4 Å². The topological polar surface area (TPSA) is 67.9 Å². The number of ether oxygens (including phenoxy) is 2. The number of sulfonamides is 1. The third-order valence-electron chi connectivity index (χ3n) is 4.28. The molecule has 3 rings (SSSR count). The number of rotatable bonds is 4. The van der Waals surface area contributed by atoms with E-state index in [2.05, 4.69) is 5.32 Å². The number of nitrogens with zero attached hydrogens (tertiary/aromatic N) is 1. The molecule has 0 spiro atoms. The molecule has 0 bridgehead atoms. The molecule has 1 unspecified atom stereocenters. The van der Waals surface area contributed by atoms with Gasteiger partial charge in [0.1, 0.15) is 0 Å². The summed E-state index contributed by atoms with van der Waals surface area (Å²) in [5.74, 6) is 0.880. The quantitative estimate of drug-likeness (QED) is 0.905. The van der Waals surface area contributed by atoms with Crippen LogP contribution in [0.2, 0.25) is 0 Å². The van der Waals surface area contributed by atoms with Crippen molar-refractivity contribution in [3.8, 4) is 11.5 Å². The van der Waals surface area contributed by atoms with Crippen molar-refractivity contribution in [1.82, 2.24) is 5.32 Å². The Labute approximate surface area is 148 Å². The monoisotopic (exact) mass is 362 g/mol. The van der Waals surface area contributed by atoms with E-state index in [9.17, 15) is 8.42 Å². The highest BCUT2D eigenvalue weighted by Gasteiger charge is 2.30. The maximum Gasteiger partial charge on any atom is 0.264 e. The van der Waals surface area contributed by atoms with Gasteiger partial charge in [0.05, 0.1) is 24.8 Å². The molecule has 0 aliphatic carbocycles. The highest BCUT2D eigenvalue weighted by Crippen LogP contribution is 2.33. The third kappa shape index (κ3) is 3.29. The Balaban J connectivity index is 2.10. The molecule has 0 saturated heterocycles. The minimum absolute atomic E-state index is 0.0299. The Morgan fingerprint density at radius 2 is 1.80 bits per heavy atom. The maximum absolute atomic E-state index is 13.3. The SMILES string of the molecule is COc1ccc(S(=O)(=O)N2CC(C)NCc3ccccc32)cc1OC. The van der Waals surface area contributed by atoms with Crippen molar-refractivity contribution in [1.29, 1.82) is 0 Å². The van der Waals surface area contributed by atoms with E-state index in [0.717, 1.165) is 5.56 Å². The Hall–Kier alpha value is -2.25. The Bertz CT molecular complexity index is 867. The van der Waals surface area contributed by atoms with Gasteiger partial charge >= 0.3 is 0 Å². The van der Waals surface area contributed by atoms with E-state index in [1.165, 1.54) is 24.6 Å². The second-order valence-corrected chi connectivity index (χ2v) is 7.83. The average Bonchev–Trinajstić information content (AvgIpc) is 2.80. The van der Waals surface area contributed by atoms with E-state index in [4.69, 9.17) is 9.47 Å². The number of nitrogens with one attached hydrogen (secondary N) is 1. The van der Waals surface area contributed by atoms with Crippen molar-refractivity contribution in [3.05, 3.63) is 48.0 Å². The summed E-state index contributed by atoms with van der Waals surface area (Å²) in [7, 11) is -0.726. The second kappa shape index (κ2) is 6.93. The third-order valence-corrected chi connectivity index (χ3v) is 6.06. The molecule has 7 heteroatoms. The molecule has 1 atom stereocenters. The number of para-hydroxylation sites is 1. The fourth-order valence-corrected chi connectivity index (χ4v) is 4.54. The molecule has 134 valence electrons. The van der Waals surface area contributed by atoms with Crippen molar-refractivity contribution in [2.75, 3.05) is 25.1 Å². The van der Waals surface area contributed by atoms with Crippen molar-refractivity contribution in [2.24, 2.45) is 0 Å². The van der Waals surface area contributed by atoms with Gasteiger partial charge in [0.2, 0.25) is 0 Å². The van der Waals surface area contributed by atoms with Gasteiger partial charge in [0.15, 0.2) is 11.5 Å². The lowest BCUT2D eigenvalue weighted by atomic mass is 10.2. The van der Waals surface area contributed by atoms with Gasteiger partial charge in [-0.25, -0.2) is 8.42 Å². The molecule has 6 nitrogen and oxygen atoms in total. The van der Waals surface area contributed by atoms with E-state index in [1.54, 1.807) is 12.1 Å². The van der Waals surface area contributed by atoms with E-state index < -0.39 is 10.0 Å². The smallest absolute Gasteiger partial charge is 0.264 e. The van der Waals surface area contributed by atoms with Gasteiger partial charge in [-0.3, -0.25) is 4.31 Å². The minimum atomic E-state index is -3.73. The number of benzene rings is 2. The summed E-state index contributed by atoms with van der Waals surface area (Å²) >= 11 is 0. The molecule has 2 aromatic rings. The van der Waals surface area contributed by atoms with Crippen LogP contribution >= 0.6 is 0 Å². The number of methoxy groups -OCH3 is 2. The standard InChI is InChI=1S/C18H22N2O4S/c1-13-12-20(16-7-5-4-6-14(16)11-19-13)25(21,22)15-8-9-17(23-2)18(10-15)24-3/h4-10,13,19H,11-12H2,1-3H3. The molecule has 1 aliphatic rings. The molecule has 2 aromatic carbocycles. The Morgan fingerprint density at radius 1 is 1.08 bits per heavy atom. The zero-order chi connectivity index (χ0) is 18.0. The predicted molar refractivity (Wildman–Crippen MR) is 96.8 cm³/mol. The fraction of sp³-hybridized carbons (Fsp3) is 0.333. The molecule has 0 fully saturated rings. The van der Waals surface area contributed by atoms with Crippen LogP contribution in [-0.2, 0) is 16.6 Å². The fourth-order valence-electron chi connectivity index (χ4n) is 2.93. The Kier molecular flexibility index (Phi) is 4.87. The lowest BCUT2D eigenvalue weighted by Crippen LogP contribution is -2.39. The first-order valence-corrected chi connectivity index (χ1v) is 9.47. The zero-order valence-corrected chi connectivity index (χ0v) is 15.3. The van der Waals surface area contributed by atoms with Crippen LogP contribution in [0.1, 0.15) is 12.5 Å². The van der Waals surface area contributed by atoms with Crippen LogP contribution in [0.5, 0.6) is 11.5 Å². The van der Waals surface area contributed by atoms with Crippen molar-refractivity contribution < 1.29 is 17.9 Å². The summed E-state index contributed by atoms with van der Waals surface area (Å²) in [4.78, 5) is 0.175. The summed E-state index contributed by atoms with van der Waals surface area (Å²) in [6.07, 6.45) is 0. The van der Waals surface area contributed by atoms with Gasteiger partial charge in [0, 0.05) is 25.2 Å². The van der Waals surface area contributed by atoms with Gasteiger partial charge in [-0.1, -0.05) is 18.2 Å². The van der Waals surface area contributed by atoms with Crippen molar-refractivity contribution >= 4 is 15.7 Å². The van der Waals surface area contributed by atoms with Crippen LogP contribution in [0.15, 0.2) is 47.4 Å². The highest BCUT2D eigenvalue weighted by atomic mass is 32.2. The first-order chi connectivity index (χ1) is 12.0. The number of anilines is 1. The summed E-state index contributed by atoms with van der Waals surface area (Å²) < 4.78 is 38.6. The molecule has 1 aliphatic heterocycles. The van der Waals surface area contributed by atoms with Gasteiger partial charge in [-0.2, -0.15) is 0 Å². The summed E-state index contributed by atoms with van der Waals surface area (Å²) in [5.41, 5.74) is 1.66. The maximum atomic E-state index is 13.3. The molecular weight excluding hydrogens is 340 g/mol. The van der Waals surface area contributed by atoms with Crippen LogP contribution in [0.3, 0.4) is 0 Å². The van der Waals surface area contributed by atoms with Crippen LogP contribution in [0.25, 0.3) is 0 Å². The highest BCUT2D eigenvalue weighted by molar-refractivity contribution is 7.92. The van der Waals surface area contributed by atoms with Gasteiger partial charge in [-0.15, -0.1) is 0 Å². The molecule has 0 saturated carbocycles. The first kappa shape index (κ1) is 17.6. The van der Waals surface area contributed by atoms with E-state index >= 15 is 0 Å². The van der Waals surface area contributed by atoms with Crippen LogP contribution in [0, 0.1) is 0 Å².